The number of nitrogens with zero attached hydrogens (tertiary/aromatic N) is 2. The van der Waals surface area contributed by atoms with Gasteiger partial charge in [0.25, 0.3) is 0 Å². The molecule has 2 rings (SSSR count). The van der Waals surface area contributed by atoms with E-state index in [0.29, 0.717) is 18.1 Å². The Labute approximate surface area is 99.5 Å². The SMILES string of the molecule is Cc1nc(Cc2cccc(F)c2)nc(N)c1C. The molecule has 17 heavy (non-hydrogen) atoms. The highest BCUT2D eigenvalue weighted by Crippen LogP contribution is 2.14. The van der Waals surface area contributed by atoms with Crippen LogP contribution < -0.4 is 5.73 Å². The highest BCUT2D eigenvalue weighted by molar-refractivity contribution is 5.41. The molecule has 0 amide bonds. The Balaban J connectivity index is 2.31. The lowest BCUT2D eigenvalue weighted by Gasteiger charge is -2.06. The Kier molecular flexibility index (Phi) is 3.04. The van der Waals surface area contributed by atoms with Gasteiger partial charge in [-0.15, -0.1) is 0 Å². The number of nitrogens with two attached hydrogens (primary N) is 1. The van der Waals surface area contributed by atoms with Gasteiger partial charge in [0, 0.05) is 17.7 Å². The number of hydrogen-bond donors (Lipinski definition) is 1. The highest BCUT2D eigenvalue weighted by Gasteiger charge is 2.06. The molecule has 0 aliphatic rings. The summed E-state index contributed by atoms with van der Waals surface area (Å²) in [4.78, 5) is 8.55. The van der Waals surface area contributed by atoms with E-state index in [2.05, 4.69) is 9.97 Å². The third kappa shape index (κ3) is 2.58. The van der Waals surface area contributed by atoms with Crippen molar-refractivity contribution in [2.45, 2.75) is 20.3 Å². The largest absolute Gasteiger partial charge is 0.383 e. The van der Waals surface area contributed by atoms with E-state index in [1.165, 1.54) is 12.1 Å². The van der Waals surface area contributed by atoms with Gasteiger partial charge >= 0.3 is 0 Å². The Morgan fingerprint density at radius 3 is 2.65 bits per heavy atom. The molecule has 2 aromatic rings. The van der Waals surface area contributed by atoms with Gasteiger partial charge in [0.1, 0.15) is 17.5 Å². The third-order valence-electron chi connectivity index (χ3n) is 2.72. The zero-order valence-corrected chi connectivity index (χ0v) is 9.87. The average molecular weight is 231 g/mol. The second kappa shape index (κ2) is 4.49. The minimum absolute atomic E-state index is 0.251. The first-order chi connectivity index (χ1) is 8.06. The minimum Gasteiger partial charge on any atom is -0.383 e. The van der Waals surface area contributed by atoms with Gasteiger partial charge in [0.05, 0.1) is 0 Å². The van der Waals surface area contributed by atoms with Crippen molar-refractivity contribution in [3.63, 3.8) is 0 Å². The van der Waals surface area contributed by atoms with Crippen molar-refractivity contribution in [2.75, 3.05) is 5.73 Å². The van der Waals surface area contributed by atoms with Crippen LogP contribution >= 0.6 is 0 Å². The van der Waals surface area contributed by atoms with Crippen LogP contribution in [0, 0.1) is 19.7 Å². The molecule has 0 atom stereocenters. The normalized spacial score (nSPS) is 10.5. The maximum absolute atomic E-state index is 13.0. The van der Waals surface area contributed by atoms with Crippen molar-refractivity contribution in [1.82, 2.24) is 9.97 Å². The third-order valence-corrected chi connectivity index (χ3v) is 2.72. The number of benzene rings is 1. The van der Waals surface area contributed by atoms with Gasteiger partial charge in [0.15, 0.2) is 0 Å². The van der Waals surface area contributed by atoms with E-state index in [4.69, 9.17) is 5.73 Å². The first-order valence-corrected chi connectivity index (χ1v) is 5.40. The Bertz CT molecular complexity index is 529. The van der Waals surface area contributed by atoms with E-state index >= 15 is 0 Å². The van der Waals surface area contributed by atoms with Gasteiger partial charge in [-0.3, -0.25) is 0 Å². The van der Waals surface area contributed by atoms with Crippen molar-refractivity contribution < 1.29 is 4.39 Å². The lowest BCUT2D eigenvalue weighted by molar-refractivity contribution is 0.625. The molecule has 0 aliphatic heterocycles. The van der Waals surface area contributed by atoms with Crippen LogP contribution in [0.5, 0.6) is 0 Å². The summed E-state index contributed by atoms with van der Waals surface area (Å²) in [6.45, 7) is 3.78. The maximum Gasteiger partial charge on any atom is 0.135 e. The van der Waals surface area contributed by atoms with E-state index in [0.717, 1.165) is 16.8 Å². The van der Waals surface area contributed by atoms with Crippen LogP contribution in [0.3, 0.4) is 0 Å². The fraction of sp³-hybridized carbons (Fsp3) is 0.231. The molecular weight excluding hydrogens is 217 g/mol. The Morgan fingerprint density at radius 2 is 2.00 bits per heavy atom. The molecule has 1 aromatic heterocycles. The zero-order chi connectivity index (χ0) is 12.4. The number of halogens is 1. The molecule has 0 bridgehead atoms. The summed E-state index contributed by atoms with van der Waals surface area (Å²) in [6, 6.07) is 6.42. The van der Waals surface area contributed by atoms with Gasteiger partial charge < -0.3 is 5.73 Å². The van der Waals surface area contributed by atoms with Crippen molar-refractivity contribution in [1.29, 1.82) is 0 Å². The minimum atomic E-state index is -0.251. The lowest BCUT2D eigenvalue weighted by Crippen LogP contribution is -2.05. The van der Waals surface area contributed by atoms with Gasteiger partial charge in [-0.1, -0.05) is 12.1 Å². The number of rotatable bonds is 2. The first-order valence-electron chi connectivity index (χ1n) is 5.40. The monoisotopic (exact) mass is 231 g/mol. The van der Waals surface area contributed by atoms with Crippen molar-refractivity contribution in [2.24, 2.45) is 0 Å². The summed E-state index contributed by atoms with van der Waals surface area (Å²) >= 11 is 0. The molecule has 0 radical (unpaired) electrons. The number of nitrogen functional groups attached to an aromatic ring is 1. The molecule has 88 valence electrons. The van der Waals surface area contributed by atoms with Crippen LogP contribution in [0.2, 0.25) is 0 Å². The van der Waals surface area contributed by atoms with Gasteiger partial charge in [0.2, 0.25) is 0 Å². The molecule has 0 spiro atoms. The summed E-state index contributed by atoms with van der Waals surface area (Å²) in [6.07, 6.45) is 0.489. The van der Waals surface area contributed by atoms with Crippen LogP contribution in [-0.2, 0) is 6.42 Å². The number of anilines is 1. The van der Waals surface area contributed by atoms with Crippen molar-refractivity contribution in [3.8, 4) is 0 Å². The van der Waals surface area contributed by atoms with E-state index < -0.39 is 0 Å². The molecule has 1 aromatic carbocycles. The standard InChI is InChI=1S/C13H14FN3/c1-8-9(2)16-12(17-13(8)15)7-10-4-3-5-11(14)6-10/h3-6H,7H2,1-2H3,(H2,15,16,17). The summed E-state index contributed by atoms with van der Waals surface area (Å²) in [5, 5.41) is 0. The molecule has 0 saturated heterocycles. The molecular formula is C13H14FN3. The highest BCUT2D eigenvalue weighted by atomic mass is 19.1. The molecule has 3 nitrogen and oxygen atoms in total. The fourth-order valence-electron chi connectivity index (χ4n) is 1.62. The molecule has 0 saturated carbocycles. The Morgan fingerprint density at radius 1 is 1.24 bits per heavy atom. The zero-order valence-electron chi connectivity index (χ0n) is 9.87. The lowest BCUT2D eigenvalue weighted by atomic mass is 10.1. The summed E-state index contributed by atoms with van der Waals surface area (Å²) in [7, 11) is 0. The van der Waals surface area contributed by atoms with Crippen LogP contribution in [0.1, 0.15) is 22.6 Å². The first kappa shape index (κ1) is 11.5. The van der Waals surface area contributed by atoms with Crippen LogP contribution in [0.4, 0.5) is 10.2 Å². The maximum atomic E-state index is 13.0. The molecule has 0 unspecified atom stereocenters. The molecule has 0 aliphatic carbocycles. The van der Waals surface area contributed by atoms with Crippen molar-refractivity contribution in [3.05, 3.63) is 52.7 Å². The topological polar surface area (TPSA) is 51.8 Å². The number of aromatic nitrogens is 2. The average Bonchev–Trinajstić information content (AvgIpc) is 2.26. The van der Waals surface area contributed by atoms with E-state index in [1.54, 1.807) is 6.07 Å². The van der Waals surface area contributed by atoms with Crippen LogP contribution in [0.25, 0.3) is 0 Å². The summed E-state index contributed by atoms with van der Waals surface area (Å²) in [5.41, 5.74) is 8.38. The van der Waals surface area contributed by atoms with Crippen LogP contribution in [-0.4, -0.2) is 9.97 Å². The second-order valence-corrected chi connectivity index (χ2v) is 4.04. The summed E-state index contributed by atoms with van der Waals surface area (Å²) in [5.74, 6) is 0.861. The van der Waals surface area contributed by atoms with E-state index in [1.807, 2.05) is 19.9 Å². The predicted octanol–water partition coefficient (Wildman–Crippen LogP) is 2.41. The van der Waals surface area contributed by atoms with E-state index in [-0.39, 0.29) is 5.82 Å². The smallest absolute Gasteiger partial charge is 0.135 e. The summed E-state index contributed by atoms with van der Waals surface area (Å²) < 4.78 is 13.0. The number of hydrogen-bond acceptors (Lipinski definition) is 3. The molecule has 0 fully saturated rings. The quantitative estimate of drug-likeness (QED) is 0.863. The van der Waals surface area contributed by atoms with Gasteiger partial charge in [-0.2, -0.15) is 0 Å². The van der Waals surface area contributed by atoms with Crippen LogP contribution in [0.15, 0.2) is 24.3 Å². The van der Waals surface area contributed by atoms with Gasteiger partial charge in [-0.05, 0) is 31.5 Å². The molecule has 1 heterocycles. The van der Waals surface area contributed by atoms with E-state index in [9.17, 15) is 4.39 Å². The molecule has 4 heteroatoms. The predicted molar refractivity (Wildman–Crippen MR) is 65.1 cm³/mol. The molecule has 2 N–H and O–H groups in total. The van der Waals surface area contributed by atoms with Crippen molar-refractivity contribution >= 4 is 5.82 Å². The number of aryl methyl sites for hydroxylation is 1. The Hall–Kier alpha value is -1.97. The fourth-order valence-corrected chi connectivity index (χ4v) is 1.62. The second-order valence-electron chi connectivity index (χ2n) is 4.04. The van der Waals surface area contributed by atoms with Gasteiger partial charge in [-0.25, -0.2) is 14.4 Å².